The molecule has 1 aromatic carbocycles. The van der Waals surface area contributed by atoms with Crippen LogP contribution in [0.25, 0.3) is 0 Å². The summed E-state index contributed by atoms with van der Waals surface area (Å²) >= 11 is 0. The van der Waals surface area contributed by atoms with Crippen LogP contribution >= 0.6 is 0 Å². The second kappa shape index (κ2) is 5.98. The van der Waals surface area contributed by atoms with Crippen LogP contribution in [0.2, 0.25) is 0 Å². The maximum atomic E-state index is 12.0. The Morgan fingerprint density at radius 3 is 2.32 bits per heavy atom. The third-order valence-electron chi connectivity index (χ3n) is 4.41. The van der Waals surface area contributed by atoms with E-state index in [9.17, 15) is 13.2 Å². The Kier molecular flexibility index (Phi) is 4.20. The molecule has 7 heteroatoms. The summed E-state index contributed by atoms with van der Waals surface area (Å²) < 4.78 is 22.8. The van der Waals surface area contributed by atoms with Crippen LogP contribution < -0.4 is 10.0 Å². The number of carbonyl (C=O) groups excluding carboxylic acids is 1. The molecule has 2 saturated heterocycles. The van der Waals surface area contributed by atoms with Crippen molar-refractivity contribution >= 4 is 21.6 Å². The summed E-state index contributed by atoms with van der Waals surface area (Å²) in [7, 11) is -3.67. The smallest absolute Gasteiger partial charge is 0.228 e. The molecule has 0 spiro atoms. The summed E-state index contributed by atoms with van der Waals surface area (Å²) in [6.45, 7) is 3.35. The third-order valence-corrected chi connectivity index (χ3v) is 5.65. The average molecular weight is 323 g/mol. The van der Waals surface area contributed by atoms with E-state index in [0.717, 1.165) is 25.3 Å². The highest BCUT2D eigenvalue weighted by Gasteiger charge is 2.37. The van der Waals surface area contributed by atoms with Crippen LogP contribution in [0.5, 0.6) is 0 Å². The first-order valence-electron chi connectivity index (χ1n) is 7.57. The number of carbonyl (C=O) groups is 1. The van der Waals surface area contributed by atoms with Gasteiger partial charge in [0, 0.05) is 25.2 Å². The maximum Gasteiger partial charge on any atom is 0.228 e. The van der Waals surface area contributed by atoms with Crippen LogP contribution in [0, 0.1) is 0 Å². The number of anilines is 1. The van der Waals surface area contributed by atoms with Crippen LogP contribution in [0.4, 0.5) is 5.69 Å². The highest BCUT2D eigenvalue weighted by atomic mass is 32.2. The van der Waals surface area contributed by atoms with Gasteiger partial charge in [0.25, 0.3) is 0 Å². The van der Waals surface area contributed by atoms with Crippen molar-refractivity contribution in [2.45, 2.75) is 31.1 Å². The number of hydrogen-bond acceptors (Lipinski definition) is 4. The Hall–Kier alpha value is -1.44. The number of hydrogen-bond donors (Lipinski definition) is 1. The lowest BCUT2D eigenvalue weighted by atomic mass is 10.2. The number of sulfonamides is 1. The summed E-state index contributed by atoms with van der Waals surface area (Å²) in [5.74, 6) is -0.189. The van der Waals surface area contributed by atoms with Crippen molar-refractivity contribution in [2.24, 2.45) is 5.14 Å². The van der Waals surface area contributed by atoms with Crippen molar-refractivity contribution in [1.82, 2.24) is 4.90 Å². The fraction of sp³-hybridized carbons (Fsp3) is 0.533. The molecule has 6 nitrogen and oxygen atoms in total. The van der Waals surface area contributed by atoms with Gasteiger partial charge in [0.15, 0.2) is 0 Å². The van der Waals surface area contributed by atoms with E-state index in [1.807, 2.05) is 24.3 Å². The minimum atomic E-state index is -3.67. The lowest BCUT2D eigenvalue weighted by Crippen LogP contribution is -2.32. The molecule has 2 fully saturated rings. The minimum Gasteiger partial charge on any atom is -0.311 e. The van der Waals surface area contributed by atoms with Crippen LogP contribution in [0.1, 0.15) is 24.8 Å². The Morgan fingerprint density at radius 2 is 1.77 bits per heavy atom. The van der Waals surface area contributed by atoms with Gasteiger partial charge in [0.1, 0.15) is 5.25 Å². The SMILES string of the molecule is NS(=O)(=O)C1CC(=O)N(c2ccc(CN3CCCC3)cc2)C1. The summed E-state index contributed by atoms with van der Waals surface area (Å²) in [6, 6.07) is 7.78. The zero-order chi connectivity index (χ0) is 15.7. The summed E-state index contributed by atoms with van der Waals surface area (Å²) in [5.41, 5.74) is 1.95. The zero-order valence-electron chi connectivity index (χ0n) is 12.4. The molecule has 2 aliphatic heterocycles. The molecule has 1 unspecified atom stereocenters. The molecule has 0 radical (unpaired) electrons. The van der Waals surface area contributed by atoms with Gasteiger partial charge in [-0.1, -0.05) is 12.1 Å². The molecule has 2 aliphatic rings. The minimum absolute atomic E-state index is 0.0334. The van der Waals surface area contributed by atoms with Gasteiger partial charge in [-0.15, -0.1) is 0 Å². The van der Waals surface area contributed by atoms with E-state index in [-0.39, 0.29) is 18.9 Å². The predicted molar refractivity (Wildman–Crippen MR) is 84.8 cm³/mol. The molecule has 1 atom stereocenters. The number of likely N-dealkylation sites (tertiary alicyclic amines) is 1. The first-order chi connectivity index (χ1) is 10.4. The molecule has 22 heavy (non-hydrogen) atoms. The monoisotopic (exact) mass is 323 g/mol. The second-order valence-electron chi connectivity index (χ2n) is 6.07. The number of benzene rings is 1. The number of nitrogens with two attached hydrogens (primary N) is 1. The van der Waals surface area contributed by atoms with Crippen LogP contribution in [0.3, 0.4) is 0 Å². The van der Waals surface area contributed by atoms with Gasteiger partial charge in [0.2, 0.25) is 15.9 Å². The lowest BCUT2D eigenvalue weighted by Gasteiger charge is -2.18. The molecule has 0 aromatic heterocycles. The molecule has 2 N–H and O–H groups in total. The Balaban J connectivity index is 1.69. The van der Waals surface area contributed by atoms with E-state index in [4.69, 9.17) is 5.14 Å². The Labute approximate surface area is 130 Å². The number of nitrogens with zero attached hydrogens (tertiary/aromatic N) is 2. The second-order valence-corrected chi connectivity index (χ2v) is 7.91. The fourth-order valence-electron chi connectivity index (χ4n) is 3.12. The van der Waals surface area contributed by atoms with E-state index < -0.39 is 15.3 Å². The van der Waals surface area contributed by atoms with Crippen molar-refractivity contribution in [3.63, 3.8) is 0 Å². The molecule has 0 saturated carbocycles. The summed E-state index contributed by atoms with van der Waals surface area (Å²) in [4.78, 5) is 15.9. The van der Waals surface area contributed by atoms with Crippen molar-refractivity contribution in [1.29, 1.82) is 0 Å². The molecule has 120 valence electrons. The fourth-order valence-corrected chi connectivity index (χ4v) is 3.86. The predicted octanol–water partition coefficient (Wildman–Crippen LogP) is 0.676. The topological polar surface area (TPSA) is 83.7 Å². The number of rotatable bonds is 4. The quantitative estimate of drug-likeness (QED) is 0.883. The summed E-state index contributed by atoms with van der Waals surface area (Å²) in [6.07, 6.45) is 2.49. The molecule has 0 bridgehead atoms. The zero-order valence-corrected chi connectivity index (χ0v) is 13.3. The van der Waals surface area contributed by atoms with Crippen molar-refractivity contribution in [3.05, 3.63) is 29.8 Å². The van der Waals surface area contributed by atoms with Gasteiger partial charge >= 0.3 is 0 Å². The first-order valence-corrected chi connectivity index (χ1v) is 9.18. The lowest BCUT2D eigenvalue weighted by molar-refractivity contribution is -0.117. The van der Waals surface area contributed by atoms with Crippen LogP contribution in [0.15, 0.2) is 24.3 Å². The van der Waals surface area contributed by atoms with Gasteiger partial charge in [-0.3, -0.25) is 9.69 Å². The van der Waals surface area contributed by atoms with Crippen molar-refractivity contribution in [2.75, 3.05) is 24.5 Å². The van der Waals surface area contributed by atoms with E-state index in [2.05, 4.69) is 4.90 Å². The number of amides is 1. The van der Waals surface area contributed by atoms with E-state index in [1.54, 1.807) is 0 Å². The van der Waals surface area contributed by atoms with E-state index >= 15 is 0 Å². The van der Waals surface area contributed by atoms with E-state index in [0.29, 0.717) is 0 Å². The van der Waals surface area contributed by atoms with Crippen molar-refractivity contribution < 1.29 is 13.2 Å². The third kappa shape index (κ3) is 3.31. The van der Waals surface area contributed by atoms with Crippen LogP contribution in [-0.4, -0.2) is 44.1 Å². The van der Waals surface area contributed by atoms with E-state index in [1.165, 1.54) is 23.3 Å². The van der Waals surface area contributed by atoms with Gasteiger partial charge in [0.05, 0.1) is 0 Å². The average Bonchev–Trinajstić information content (AvgIpc) is 3.09. The van der Waals surface area contributed by atoms with Gasteiger partial charge in [-0.25, -0.2) is 13.6 Å². The number of primary sulfonamides is 1. The highest BCUT2D eigenvalue weighted by molar-refractivity contribution is 7.89. The molecular formula is C15H21N3O3S. The molecule has 3 rings (SSSR count). The van der Waals surface area contributed by atoms with Gasteiger partial charge < -0.3 is 4.90 Å². The largest absolute Gasteiger partial charge is 0.311 e. The normalized spacial score (nSPS) is 23.4. The molecule has 1 amide bonds. The Morgan fingerprint density at radius 1 is 1.14 bits per heavy atom. The standard InChI is InChI=1S/C15H21N3O3S/c16-22(20,21)14-9-15(19)18(11-14)13-5-3-12(4-6-13)10-17-7-1-2-8-17/h3-6,14H,1-2,7-11H2,(H2,16,20,21). The van der Waals surface area contributed by atoms with Gasteiger partial charge in [-0.2, -0.15) is 0 Å². The molecule has 0 aliphatic carbocycles. The van der Waals surface area contributed by atoms with Crippen molar-refractivity contribution in [3.8, 4) is 0 Å². The Bertz CT molecular complexity index is 651. The highest BCUT2D eigenvalue weighted by Crippen LogP contribution is 2.25. The molecule has 1 aromatic rings. The maximum absolute atomic E-state index is 12.0. The molecular weight excluding hydrogens is 302 g/mol. The first kappa shape index (κ1) is 15.5. The summed E-state index contributed by atoms with van der Waals surface area (Å²) in [5, 5.41) is 4.34. The van der Waals surface area contributed by atoms with Gasteiger partial charge in [-0.05, 0) is 43.6 Å². The molecule has 2 heterocycles. The van der Waals surface area contributed by atoms with Crippen LogP contribution in [-0.2, 0) is 21.4 Å².